The maximum atomic E-state index is 10.7. The van der Waals surface area contributed by atoms with E-state index in [-0.39, 0.29) is 6.61 Å². The number of nitrogens with zero attached hydrogens (tertiary/aromatic N) is 4. The highest BCUT2D eigenvalue weighted by Gasteiger charge is 2.23. The first-order chi connectivity index (χ1) is 16.7. The number of hydrogen-bond donors (Lipinski definition) is 3. The topological polar surface area (TPSA) is 105 Å². The third-order valence-corrected chi connectivity index (χ3v) is 6.29. The van der Waals surface area contributed by atoms with Crippen LogP contribution in [0.5, 0.6) is 5.75 Å². The van der Waals surface area contributed by atoms with Gasteiger partial charge in [0.1, 0.15) is 17.5 Å². The van der Waals surface area contributed by atoms with E-state index in [1.54, 1.807) is 13.3 Å². The molecule has 0 bridgehead atoms. The fourth-order valence-corrected chi connectivity index (χ4v) is 4.55. The molecule has 0 aliphatic rings. The van der Waals surface area contributed by atoms with Crippen LogP contribution in [0.25, 0.3) is 27.6 Å². The van der Waals surface area contributed by atoms with Gasteiger partial charge in [-0.05, 0) is 23.8 Å². The molecule has 0 fully saturated rings. The molecule has 0 spiro atoms. The lowest BCUT2D eigenvalue weighted by Crippen LogP contribution is -2.32. The molecule has 0 aliphatic heterocycles. The van der Waals surface area contributed by atoms with E-state index in [0.717, 1.165) is 27.7 Å². The highest BCUT2D eigenvalue weighted by Crippen LogP contribution is 2.35. The fourth-order valence-electron chi connectivity index (χ4n) is 3.84. The van der Waals surface area contributed by atoms with Crippen molar-refractivity contribution in [2.75, 3.05) is 19.0 Å². The van der Waals surface area contributed by atoms with Crippen LogP contribution in [0.3, 0.4) is 0 Å². The minimum absolute atomic E-state index is 0.292. The number of aromatic nitrogens is 4. The molecule has 0 aliphatic carbocycles. The van der Waals surface area contributed by atoms with Gasteiger partial charge < -0.3 is 20.3 Å². The van der Waals surface area contributed by atoms with Crippen LogP contribution in [0.15, 0.2) is 78.4 Å². The lowest BCUT2D eigenvalue weighted by Gasteiger charge is -2.22. The Hall–Kier alpha value is -3.79. The number of nitrogens with one attached hydrogen (secondary N) is 1. The third-order valence-electron chi connectivity index (χ3n) is 5.54. The van der Waals surface area contributed by atoms with Gasteiger partial charge in [0, 0.05) is 23.3 Å². The Balaban J connectivity index is 1.52. The maximum Gasteiger partial charge on any atom is 0.223 e. The Morgan fingerprint density at radius 1 is 1.09 bits per heavy atom. The van der Waals surface area contributed by atoms with Crippen molar-refractivity contribution in [1.29, 1.82) is 0 Å². The monoisotopic (exact) mass is 473 g/mol. The van der Waals surface area contributed by atoms with E-state index in [1.165, 1.54) is 11.3 Å². The number of thiazole rings is 1. The zero-order valence-electron chi connectivity index (χ0n) is 18.4. The Bertz CT molecular complexity index is 1400. The summed E-state index contributed by atoms with van der Waals surface area (Å²) in [7, 11) is 1.63. The van der Waals surface area contributed by atoms with Crippen LogP contribution < -0.4 is 10.1 Å². The van der Waals surface area contributed by atoms with Crippen molar-refractivity contribution in [2.45, 2.75) is 12.1 Å². The number of imidazole rings is 1. The van der Waals surface area contributed by atoms with Crippen LogP contribution in [0.2, 0.25) is 0 Å². The smallest absolute Gasteiger partial charge is 0.223 e. The van der Waals surface area contributed by atoms with Crippen LogP contribution in [-0.4, -0.2) is 49.3 Å². The number of benzene rings is 2. The molecule has 172 valence electrons. The second-order valence-electron chi connectivity index (χ2n) is 7.65. The summed E-state index contributed by atoms with van der Waals surface area (Å²) in [6, 6.07) is 18.1. The van der Waals surface area contributed by atoms with Gasteiger partial charge in [-0.2, -0.15) is 0 Å². The van der Waals surface area contributed by atoms with Crippen molar-refractivity contribution < 1.29 is 14.9 Å². The molecule has 8 nitrogen and oxygen atoms in total. The normalized spacial score (nSPS) is 13.0. The van der Waals surface area contributed by atoms with E-state index < -0.39 is 12.1 Å². The summed E-state index contributed by atoms with van der Waals surface area (Å²) in [5.74, 6) is 1.04. The highest BCUT2D eigenvalue weighted by atomic mass is 32.1. The SMILES string of the molecule is COc1cccc(-c2nc3sccn3c2-c2ccnc(N[C@H](CO)[C@H](O)c3ccccc3)n2)c1. The largest absolute Gasteiger partial charge is 0.497 e. The zero-order chi connectivity index (χ0) is 23.5. The molecule has 3 heterocycles. The number of aliphatic hydroxyl groups excluding tert-OH is 2. The van der Waals surface area contributed by atoms with Crippen LogP contribution >= 0.6 is 11.3 Å². The predicted molar refractivity (Wildman–Crippen MR) is 132 cm³/mol. The second kappa shape index (κ2) is 9.60. The van der Waals surface area contributed by atoms with Gasteiger partial charge in [-0.3, -0.25) is 4.40 Å². The van der Waals surface area contributed by atoms with Crippen LogP contribution in [0, 0.1) is 0 Å². The van der Waals surface area contributed by atoms with Gasteiger partial charge in [0.05, 0.1) is 31.1 Å². The van der Waals surface area contributed by atoms with Crippen LogP contribution in [0.4, 0.5) is 5.95 Å². The lowest BCUT2D eigenvalue weighted by molar-refractivity contribution is 0.118. The average molecular weight is 474 g/mol. The first kappa shape index (κ1) is 22.0. The van der Waals surface area contributed by atoms with E-state index in [9.17, 15) is 10.2 Å². The third kappa shape index (κ3) is 4.24. The van der Waals surface area contributed by atoms with E-state index in [4.69, 9.17) is 14.7 Å². The molecular formula is C25H23N5O3S. The molecule has 3 N–H and O–H groups in total. The molecule has 0 unspecified atom stereocenters. The van der Waals surface area contributed by atoms with Crippen molar-refractivity contribution in [3.05, 3.63) is 84.0 Å². The summed E-state index contributed by atoms with van der Waals surface area (Å²) in [5.41, 5.74) is 3.86. The standard InChI is InChI=1S/C25H23N5O3S/c1-33-18-9-5-8-17(14-18)21-22(30-12-13-34-25(30)29-21)19-10-11-26-24(27-19)28-20(15-31)23(32)16-6-3-2-4-7-16/h2-14,20,23,31-32H,15H2,1H3,(H,26,27,28)/t20-,23-/m1/s1. The molecular weight excluding hydrogens is 450 g/mol. The Morgan fingerprint density at radius 3 is 2.74 bits per heavy atom. The molecule has 0 saturated carbocycles. The minimum Gasteiger partial charge on any atom is -0.497 e. The van der Waals surface area contributed by atoms with Crippen molar-refractivity contribution >= 4 is 22.2 Å². The summed E-state index contributed by atoms with van der Waals surface area (Å²) >= 11 is 1.54. The Labute approximate surface area is 200 Å². The maximum absolute atomic E-state index is 10.7. The molecule has 9 heteroatoms. The molecule has 5 rings (SSSR count). The molecule has 3 aromatic heterocycles. The first-order valence-corrected chi connectivity index (χ1v) is 11.6. The van der Waals surface area contributed by atoms with Gasteiger partial charge >= 0.3 is 0 Å². The fraction of sp³-hybridized carbons (Fsp3) is 0.160. The molecule has 0 saturated heterocycles. The van der Waals surface area contributed by atoms with Crippen LogP contribution in [0.1, 0.15) is 11.7 Å². The van der Waals surface area contributed by atoms with Gasteiger partial charge in [0.25, 0.3) is 0 Å². The second-order valence-corrected chi connectivity index (χ2v) is 8.52. The number of methoxy groups -OCH3 is 1. The summed E-state index contributed by atoms with van der Waals surface area (Å²) in [5, 5.41) is 25.7. The quantitative estimate of drug-likeness (QED) is 0.312. The summed E-state index contributed by atoms with van der Waals surface area (Å²) in [6.45, 7) is -0.292. The number of ether oxygens (including phenoxy) is 1. The van der Waals surface area contributed by atoms with E-state index in [0.29, 0.717) is 17.2 Å². The molecule has 0 radical (unpaired) electrons. The zero-order valence-corrected chi connectivity index (χ0v) is 19.2. The molecule has 0 amide bonds. The molecule has 5 aromatic rings. The lowest BCUT2D eigenvalue weighted by atomic mass is 10.0. The minimum atomic E-state index is -0.927. The number of hydrogen-bond acceptors (Lipinski definition) is 8. The van der Waals surface area contributed by atoms with E-state index >= 15 is 0 Å². The van der Waals surface area contributed by atoms with Gasteiger partial charge in [-0.25, -0.2) is 15.0 Å². The highest BCUT2D eigenvalue weighted by molar-refractivity contribution is 7.15. The summed E-state index contributed by atoms with van der Waals surface area (Å²) < 4.78 is 7.39. The van der Waals surface area contributed by atoms with Gasteiger partial charge in [0.2, 0.25) is 5.95 Å². The number of rotatable bonds is 8. The average Bonchev–Trinajstić information content (AvgIpc) is 3.49. The summed E-state index contributed by atoms with van der Waals surface area (Å²) in [4.78, 5) is 14.7. The molecule has 34 heavy (non-hydrogen) atoms. The van der Waals surface area contributed by atoms with E-state index in [1.807, 2.05) is 76.6 Å². The summed E-state index contributed by atoms with van der Waals surface area (Å²) in [6.07, 6.45) is 2.68. The van der Waals surface area contributed by atoms with Gasteiger partial charge in [-0.1, -0.05) is 42.5 Å². The molecule has 2 atom stereocenters. The van der Waals surface area contributed by atoms with Crippen LogP contribution in [-0.2, 0) is 0 Å². The predicted octanol–water partition coefficient (Wildman–Crippen LogP) is 4.03. The van der Waals surface area contributed by atoms with Gasteiger partial charge in [0.15, 0.2) is 4.96 Å². The van der Waals surface area contributed by atoms with Crippen molar-refractivity contribution in [1.82, 2.24) is 19.4 Å². The number of anilines is 1. The molecule has 2 aromatic carbocycles. The van der Waals surface area contributed by atoms with Crippen molar-refractivity contribution in [2.24, 2.45) is 0 Å². The van der Waals surface area contributed by atoms with Crippen molar-refractivity contribution in [3.63, 3.8) is 0 Å². The van der Waals surface area contributed by atoms with E-state index in [2.05, 4.69) is 10.3 Å². The van der Waals surface area contributed by atoms with Crippen molar-refractivity contribution in [3.8, 4) is 28.4 Å². The first-order valence-electron chi connectivity index (χ1n) is 10.7. The number of aliphatic hydroxyl groups is 2. The number of fused-ring (bicyclic) bond motifs is 1. The van der Waals surface area contributed by atoms with Gasteiger partial charge in [-0.15, -0.1) is 11.3 Å². The Morgan fingerprint density at radius 2 is 1.94 bits per heavy atom. The Kier molecular flexibility index (Phi) is 6.22.